The van der Waals surface area contributed by atoms with Crippen LogP contribution < -0.4 is 4.89 Å². The molecule has 492 valence electrons. The predicted molar refractivity (Wildman–Crippen MR) is 360 cm³/mol. The molecule has 0 fully saturated rings. The molecule has 2 unspecified atom stereocenters. The van der Waals surface area contributed by atoms with Crippen molar-refractivity contribution in [2.45, 2.75) is 354 Å². The first kappa shape index (κ1) is 81.7. The molecule has 84 heavy (non-hydrogen) atoms. The molecule has 0 aliphatic heterocycles. The van der Waals surface area contributed by atoms with Crippen LogP contribution in [0, 0.1) is 0 Å². The maximum absolute atomic E-state index is 12.8. The summed E-state index contributed by atoms with van der Waals surface area (Å²) in [5.41, 5.74) is 0. The second-order valence-corrected chi connectivity index (χ2v) is 27.0. The Bertz CT molecular complexity index is 1600. The number of carbonyl (C=O) groups is 2. The van der Waals surface area contributed by atoms with Crippen LogP contribution in [0.3, 0.4) is 0 Å². The Morgan fingerprint density at radius 2 is 0.679 bits per heavy atom. The van der Waals surface area contributed by atoms with Crippen LogP contribution in [0.5, 0.6) is 0 Å². The minimum absolute atomic E-state index is 0.0317. The molecule has 0 spiro atoms. The van der Waals surface area contributed by atoms with E-state index in [2.05, 4.69) is 74.6 Å². The molecule has 2 atom stereocenters. The van der Waals surface area contributed by atoms with Crippen molar-refractivity contribution < 1.29 is 42.1 Å². The van der Waals surface area contributed by atoms with Gasteiger partial charge < -0.3 is 27.9 Å². The highest BCUT2D eigenvalue weighted by Gasteiger charge is 2.22. The van der Waals surface area contributed by atoms with Gasteiger partial charge in [-0.3, -0.25) is 14.2 Å². The molecular formula is C74H138NO8P. The Morgan fingerprint density at radius 3 is 1.02 bits per heavy atom. The van der Waals surface area contributed by atoms with E-state index in [1.165, 1.54) is 244 Å². The Kier molecular flexibility index (Phi) is 63.4. The van der Waals surface area contributed by atoms with Crippen LogP contribution in [0.1, 0.15) is 348 Å². The van der Waals surface area contributed by atoms with Crippen LogP contribution >= 0.6 is 7.82 Å². The van der Waals surface area contributed by atoms with Crippen LogP contribution in [0.15, 0.2) is 60.8 Å². The smallest absolute Gasteiger partial charge is 0.306 e. The number of phosphoric ester groups is 1. The number of carbonyl (C=O) groups excluding carboxylic acids is 2. The summed E-state index contributed by atoms with van der Waals surface area (Å²) in [7, 11) is 1.17. The summed E-state index contributed by atoms with van der Waals surface area (Å²) in [6, 6.07) is 0. The van der Waals surface area contributed by atoms with Gasteiger partial charge in [-0.25, -0.2) is 0 Å². The fourth-order valence-electron chi connectivity index (χ4n) is 10.5. The van der Waals surface area contributed by atoms with Gasteiger partial charge in [0.25, 0.3) is 7.82 Å². The van der Waals surface area contributed by atoms with Crippen LogP contribution in [-0.2, 0) is 32.7 Å². The number of quaternary nitrogens is 1. The summed E-state index contributed by atoms with van der Waals surface area (Å²) < 4.78 is 34.3. The number of likely N-dealkylation sites (N-methyl/N-ethyl adjacent to an activating group) is 1. The number of hydrogen-bond acceptors (Lipinski definition) is 8. The largest absolute Gasteiger partial charge is 0.756 e. The van der Waals surface area contributed by atoms with Gasteiger partial charge in [-0.1, -0.05) is 319 Å². The molecular weight excluding hydrogens is 1060 g/mol. The van der Waals surface area contributed by atoms with Gasteiger partial charge in [0.05, 0.1) is 27.7 Å². The first-order valence-electron chi connectivity index (χ1n) is 36.0. The van der Waals surface area contributed by atoms with E-state index in [9.17, 15) is 19.0 Å². The molecule has 0 N–H and O–H groups in total. The molecule has 9 nitrogen and oxygen atoms in total. The zero-order chi connectivity index (χ0) is 61.2. The highest BCUT2D eigenvalue weighted by atomic mass is 31.2. The van der Waals surface area contributed by atoms with Gasteiger partial charge in [0.15, 0.2) is 6.10 Å². The number of nitrogens with zero attached hydrogens (tertiary/aromatic N) is 1. The molecule has 0 aromatic rings. The van der Waals surface area contributed by atoms with E-state index in [0.717, 1.165) is 70.6 Å². The van der Waals surface area contributed by atoms with Gasteiger partial charge in [-0.05, 0) is 77.0 Å². The number of hydrogen-bond donors (Lipinski definition) is 0. The highest BCUT2D eigenvalue weighted by Crippen LogP contribution is 2.38. The van der Waals surface area contributed by atoms with E-state index in [4.69, 9.17) is 18.5 Å². The van der Waals surface area contributed by atoms with E-state index in [1.807, 2.05) is 21.1 Å². The van der Waals surface area contributed by atoms with Crippen LogP contribution in [0.4, 0.5) is 0 Å². The number of unbranched alkanes of at least 4 members (excludes halogenated alkanes) is 43. The van der Waals surface area contributed by atoms with E-state index in [0.29, 0.717) is 17.4 Å². The average Bonchev–Trinajstić information content (AvgIpc) is 3.61. The molecule has 0 bridgehead atoms. The summed E-state index contributed by atoms with van der Waals surface area (Å²) in [4.78, 5) is 38.0. The van der Waals surface area contributed by atoms with Gasteiger partial charge in [0.2, 0.25) is 0 Å². The second kappa shape index (κ2) is 65.2. The van der Waals surface area contributed by atoms with Crippen molar-refractivity contribution in [3.05, 3.63) is 60.8 Å². The lowest BCUT2D eigenvalue weighted by Gasteiger charge is -2.28. The van der Waals surface area contributed by atoms with Crippen LogP contribution in [-0.4, -0.2) is 70.0 Å². The Balaban J connectivity index is 3.94. The standard InChI is InChI=1S/C74H138NO8P/c1-6-8-10-12-14-16-18-20-22-24-26-28-30-31-32-33-34-35-36-37-38-39-40-41-42-43-45-46-48-50-52-54-56-58-60-62-64-66-73(76)80-70-72(71-82-84(78,79)81-69-68-75(3,4)5)83-74(77)67-65-63-61-59-57-55-53-51-49-47-44-29-27-25-23-21-19-17-15-13-11-9-7-2/h9,11,15,17,21,23-24,26-27,29,72H,6-8,10,12-14,16,18-20,22,25,28,30-71H2,1-5H3/b11-9-,17-15-,23-21-,26-24-,29-27-. The molecule has 0 saturated heterocycles. The van der Waals surface area contributed by atoms with Crippen LogP contribution in [0.2, 0.25) is 0 Å². The highest BCUT2D eigenvalue weighted by molar-refractivity contribution is 7.45. The molecule has 0 aromatic heterocycles. The maximum Gasteiger partial charge on any atom is 0.306 e. The Labute approximate surface area is 521 Å². The first-order valence-corrected chi connectivity index (χ1v) is 37.5. The zero-order valence-corrected chi connectivity index (χ0v) is 57.0. The van der Waals surface area contributed by atoms with Crippen LogP contribution in [0.25, 0.3) is 0 Å². The molecule has 0 aromatic carbocycles. The van der Waals surface area contributed by atoms with Gasteiger partial charge in [-0.2, -0.15) is 0 Å². The normalized spacial score (nSPS) is 13.5. The lowest BCUT2D eigenvalue weighted by molar-refractivity contribution is -0.870. The minimum atomic E-state index is -4.64. The summed E-state index contributed by atoms with van der Waals surface area (Å²) >= 11 is 0. The van der Waals surface area contributed by atoms with E-state index in [-0.39, 0.29) is 32.0 Å². The second-order valence-electron chi connectivity index (χ2n) is 25.6. The zero-order valence-electron chi connectivity index (χ0n) is 56.1. The molecule has 0 amide bonds. The predicted octanol–water partition coefficient (Wildman–Crippen LogP) is 22.8. The lowest BCUT2D eigenvalue weighted by Crippen LogP contribution is -2.37. The molecule has 10 heteroatoms. The maximum atomic E-state index is 12.8. The molecule has 0 aliphatic rings. The van der Waals surface area contributed by atoms with Crippen molar-refractivity contribution in [3.8, 4) is 0 Å². The number of esters is 2. The molecule has 0 aliphatic carbocycles. The van der Waals surface area contributed by atoms with Crippen molar-refractivity contribution in [3.63, 3.8) is 0 Å². The SMILES string of the molecule is CC/C=C\C/C=C\C/C=C\C/C=C\CCCCCCCCCCCCC(=O)OC(COC(=O)CCCCCCCCCCCCCCCCCCCCCCCCCCC/C=C\CCCCCCCCCC)COP(=O)([O-])OCC[N+](C)(C)C. The summed E-state index contributed by atoms with van der Waals surface area (Å²) in [5.74, 6) is -0.824. The van der Waals surface area contributed by atoms with Crippen molar-refractivity contribution >= 4 is 19.8 Å². The number of rotatable bonds is 67. The third-order valence-electron chi connectivity index (χ3n) is 16.0. The molecule has 0 saturated carbocycles. The van der Waals surface area contributed by atoms with E-state index in [1.54, 1.807) is 0 Å². The average molecular weight is 1200 g/mol. The van der Waals surface area contributed by atoms with Crippen molar-refractivity contribution in [2.75, 3.05) is 47.5 Å². The molecule has 0 rings (SSSR count). The molecule has 0 heterocycles. The van der Waals surface area contributed by atoms with Gasteiger partial charge in [0.1, 0.15) is 19.8 Å². The number of allylic oxidation sites excluding steroid dienone is 10. The van der Waals surface area contributed by atoms with Crippen molar-refractivity contribution in [2.24, 2.45) is 0 Å². The number of phosphoric acid groups is 1. The topological polar surface area (TPSA) is 111 Å². The Hall–Kier alpha value is -2.29. The summed E-state index contributed by atoms with van der Waals surface area (Å²) in [6.45, 7) is 4.17. The summed E-state index contributed by atoms with van der Waals surface area (Å²) in [6.07, 6.45) is 86.1. The fourth-order valence-corrected chi connectivity index (χ4v) is 11.3. The van der Waals surface area contributed by atoms with Gasteiger partial charge in [0, 0.05) is 12.8 Å². The monoisotopic (exact) mass is 1200 g/mol. The minimum Gasteiger partial charge on any atom is -0.756 e. The fraction of sp³-hybridized carbons (Fsp3) is 0.838. The summed E-state index contributed by atoms with van der Waals surface area (Å²) in [5, 5.41) is 0. The van der Waals surface area contributed by atoms with Crippen molar-refractivity contribution in [1.82, 2.24) is 0 Å². The number of ether oxygens (including phenoxy) is 2. The third kappa shape index (κ3) is 68.8. The molecule has 0 radical (unpaired) electrons. The quantitative estimate of drug-likeness (QED) is 0.0195. The Morgan fingerprint density at radius 1 is 0.381 bits per heavy atom. The first-order chi connectivity index (χ1) is 41.0. The third-order valence-corrected chi connectivity index (χ3v) is 17.0. The van der Waals surface area contributed by atoms with E-state index < -0.39 is 26.5 Å². The lowest BCUT2D eigenvalue weighted by atomic mass is 10.0. The van der Waals surface area contributed by atoms with E-state index >= 15 is 0 Å². The van der Waals surface area contributed by atoms with Gasteiger partial charge in [-0.15, -0.1) is 0 Å². The van der Waals surface area contributed by atoms with Gasteiger partial charge >= 0.3 is 11.9 Å². The van der Waals surface area contributed by atoms with Crippen molar-refractivity contribution in [1.29, 1.82) is 0 Å².